The molecule has 3 aromatic rings. The predicted molar refractivity (Wildman–Crippen MR) is 110 cm³/mol. The molecule has 0 spiro atoms. The molecule has 1 aliphatic heterocycles. The lowest BCUT2D eigenvalue weighted by molar-refractivity contribution is -0.656. The number of ether oxygens (including phenoxy) is 1. The Morgan fingerprint density at radius 1 is 1.00 bits per heavy atom. The van der Waals surface area contributed by atoms with Crippen LogP contribution < -0.4 is 5.32 Å². The van der Waals surface area contributed by atoms with E-state index in [1.807, 2.05) is 13.0 Å². The van der Waals surface area contributed by atoms with Crippen molar-refractivity contribution in [2.75, 3.05) is 11.9 Å². The van der Waals surface area contributed by atoms with Crippen LogP contribution in [-0.2, 0) is 9.53 Å². The van der Waals surface area contributed by atoms with Gasteiger partial charge in [-0.2, -0.15) is 4.90 Å². The predicted octanol–water partition coefficient (Wildman–Crippen LogP) is -3.11. The smallest absolute Gasteiger partial charge is 0.347 e. The second kappa shape index (κ2) is 7.90. The minimum Gasteiger partial charge on any atom is -0.347 e. The summed E-state index contributed by atoms with van der Waals surface area (Å²) in [4.78, 5) is 16.0. The van der Waals surface area contributed by atoms with Crippen LogP contribution in [0.2, 0.25) is 0 Å². The summed E-state index contributed by atoms with van der Waals surface area (Å²) in [6.07, 6.45) is 1.43. The van der Waals surface area contributed by atoms with Gasteiger partial charge < -0.3 is 46.2 Å². The van der Waals surface area contributed by atoms with Gasteiger partial charge >= 0.3 is 23.8 Å². The number of amides is 1. The molecule has 1 saturated heterocycles. The molecular weight excluding hydrogens is 478 g/mol. The van der Waals surface area contributed by atoms with E-state index in [0.717, 1.165) is 10.6 Å². The monoisotopic (exact) mass is 497 g/mol. The molecule has 3 heterocycles. The normalized spacial score (nSPS) is 20.9. The van der Waals surface area contributed by atoms with Crippen LogP contribution in [0.15, 0.2) is 30.5 Å². The largest absolute Gasteiger partial charge is 0.356 e. The lowest BCUT2D eigenvalue weighted by Gasteiger charge is -2.54. The molecule has 4 rings (SSSR count). The number of fused-ring (bicyclic) bond motifs is 1. The van der Waals surface area contributed by atoms with Crippen LogP contribution in [0.3, 0.4) is 0 Å². The van der Waals surface area contributed by atoms with E-state index < -0.39 is 41.1 Å². The van der Waals surface area contributed by atoms with Gasteiger partial charge in [0.1, 0.15) is 15.8 Å². The molecular formula is C18H19N5O10S. The average molecular weight is 497 g/mol. The summed E-state index contributed by atoms with van der Waals surface area (Å²) in [5.74, 6) is -17.7. The Bertz CT molecular complexity index is 1230. The van der Waals surface area contributed by atoms with Crippen LogP contribution in [0, 0.1) is 6.92 Å². The number of carbonyl (C=O) groups excluding carboxylic acids is 1. The molecule has 1 aromatic carbocycles. The third-order valence-electron chi connectivity index (χ3n) is 4.98. The van der Waals surface area contributed by atoms with Gasteiger partial charge in [-0.1, -0.05) is 23.5 Å². The van der Waals surface area contributed by atoms with Crippen molar-refractivity contribution >= 4 is 33.8 Å². The first-order chi connectivity index (χ1) is 15.6. The number of nitrogens with one attached hydrogen (secondary N) is 1. The van der Waals surface area contributed by atoms with Gasteiger partial charge in [0, 0.05) is 17.1 Å². The topological polar surface area (TPSA) is 242 Å². The summed E-state index contributed by atoms with van der Waals surface area (Å²) < 4.78 is 3.75. The molecule has 1 aliphatic rings. The minimum atomic E-state index is -4.15. The standard InChI is InChI=1S/C18H19N5O10S/c1-8-21-22-14(34-8)9-2-3-10-6-19-12(5-11(10)4-9)20-13(24)7-23-15(25,26)17(29,30)33-18(31,32)16(23,27)28/h2-6,25-32H,7H2,1H3,(H,19,20,24). The van der Waals surface area contributed by atoms with Crippen LogP contribution in [0.4, 0.5) is 5.82 Å². The number of aromatic nitrogens is 3. The van der Waals surface area contributed by atoms with E-state index in [9.17, 15) is 45.6 Å². The first-order valence-electron chi connectivity index (χ1n) is 9.41. The van der Waals surface area contributed by atoms with E-state index in [1.165, 1.54) is 23.6 Å². The molecule has 34 heavy (non-hydrogen) atoms. The Hall–Kier alpha value is -2.74. The van der Waals surface area contributed by atoms with Crippen molar-refractivity contribution in [3.05, 3.63) is 35.5 Å². The molecule has 1 fully saturated rings. The van der Waals surface area contributed by atoms with Crippen molar-refractivity contribution in [1.29, 1.82) is 0 Å². The molecule has 15 nitrogen and oxygen atoms in total. The Morgan fingerprint density at radius 2 is 1.65 bits per heavy atom. The van der Waals surface area contributed by atoms with Gasteiger partial charge in [0.15, 0.2) is 0 Å². The quantitative estimate of drug-likeness (QED) is 0.162. The zero-order valence-electron chi connectivity index (χ0n) is 17.2. The molecule has 2 aromatic heterocycles. The fourth-order valence-corrected chi connectivity index (χ4v) is 3.89. The summed E-state index contributed by atoms with van der Waals surface area (Å²) in [7, 11) is 0. The first-order valence-corrected chi connectivity index (χ1v) is 10.2. The molecule has 9 N–H and O–H groups in total. The van der Waals surface area contributed by atoms with E-state index in [4.69, 9.17) is 0 Å². The molecule has 0 bridgehead atoms. The van der Waals surface area contributed by atoms with E-state index in [1.54, 1.807) is 12.1 Å². The van der Waals surface area contributed by atoms with Gasteiger partial charge in [-0.15, -0.1) is 10.2 Å². The molecule has 0 aliphatic carbocycles. The van der Waals surface area contributed by atoms with Crippen LogP contribution >= 0.6 is 11.3 Å². The van der Waals surface area contributed by atoms with Crippen molar-refractivity contribution in [1.82, 2.24) is 20.1 Å². The highest BCUT2D eigenvalue weighted by Crippen LogP contribution is 2.41. The average Bonchev–Trinajstić information content (AvgIpc) is 3.16. The molecule has 0 radical (unpaired) electrons. The molecule has 16 heteroatoms. The number of hydrogen-bond donors (Lipinski definition) is 9. The number of nitrogens with zero attached hydrogens (tertiary/aromatic N) is 4. The van der Waals surface area contributed by atoms with Gasteiger partial charge in [-0.05, 0) is 24.4 Å². The van der Waals surface area contributed by atoms with Gasteiger partial charge in [-0.25, -0.2) is 4.98 Å². The number of carbonyl (C=O) groups is 1. The Labute approximate surface area is 193 Å². The third kappa shape index (κ3) is 4.02. The molecule has 0 atom stereocenters. The van der Waals surface area contributed by atoms with Crippen molar-refractivity contribution < 1.29 is 50.4 Å². The molecule has 0 saturated carbocycles. The fourth-order valence-electron chi connectivity index (χ4n) is 3.21. The van der Waals surface area contributed by atoms with Gasteiger partial charge in [0.25, 0.3) is 0 Å². The first kappa shape index (κ1) is 24.4. The summed E-state index contributed by atoms with van der Waals surface area (Å²) in [6.45, 7) is 0.406. The van der Waals surface area contributed by atoms with Crippen molar-refractivity contribution in [3.63, 3.8) is 0 Å². The van der Waals surface area contributed by atoms with Gasteiger partial charge in [0.2, 0.25) is 5.91 Å². The summed E-state index contributed by atoms with van der Waals surface area (Å²) in [5, 5.41) is 91.1. The van der Waals surface area contributed by atoms with Crippen molar-refractivity contribution in [2.24, 2.45) is 0 Å². The maximum absolute atomic E-state index is 12.5. The number of hydrogen-bond acceptors (Lipinski definition) is 15. The molecule has 1 amide bonds. The summed E-state index contributed by atoms with van der Waals surface area (Å²) >= 11 is 1.38. The van der Waals surface area contributed by atoms with Crippen LogP contribution in [0.5, 0.6) is 0 Å². The number of morpholine rings is 1. The zero-order valence-corrected chi connectivity index (χ0v) is 18.0. The Morgan fingerprint density at radius 3 is 2.24 bits per heavy atom. The summed E-state index contributed by atoms with van der Waals surface area (Å²) in [5.41, 5.74) is 0.759. The summed E-state index contributed by atoms with van der Waals surface area (Å²) in [6, 6.07) is 6.82. The maximum atomic E-state index is 12.5. The van der Waals surface area contributed by atoms with Crippen molar-refractivity contribution in [3.8, 4) is 10.6 Å². The van der Waals surface area contributed by atoms with Gasteiger partial charge in [-0.3, -0.25) is 9.53 Å². The zero-order chi connectivity index (χ0) is 25.1. The number of pyridine rings is 1. The van der Waals surface area contributed by atoms with E-state index in [-0.39, 0.29) is 5.82 Å². The highest BCUT2D eigenvalue weighted by molar-refractivity contribution is 7.14. The molecule has 0 unspecified atom stereocenters. The number of anilines is 1. The molecule has 182 valence electrons. The highest BCUT2D eigenvalue weighted by atomic mass is 32.1. The number of aliphatic hydroxyl groups is 8. The highest BCUT2D eigenvalue weighted by Gasteiger charge is 2.74. The van der Waals surface area contributed by atoms with E-state index >= 15 is 0 Å². The number of benzene rings is 1. The Balaban J connectivity index is 1.58. The third-order valence-corrected chi connectivity index (χ3v) is 5.86. The lowest BCUT2D eigenvalue weighted by Crippen LogP contribution is -2.84. The van der Waals surface area contributed by atoms with E-state index in [0.29, 0.717) is 15.8 Å². The maximum Gasteiger partial charge on any atom is 0.356 e. The number of rotatable bonds is 4. The second-order valence-electron chi connectivity index (χ2n) is 7.48. The lowest BCUT2D eigenvalue weighted by atomic mass is 10.1. The van der Waals surface area contributed by atoms with Crippen LogP contribution in [0.1, 0.15) is 5.01 Å². The fraction of sp³-hybridized carbons (Fsp3) is 0.333. The van der Waals surface area contributed by atoms with Gasteiger partial charge in [0.05, 0.1) is 6.54 Å². The van der Waals surface area contributed by atoms with E-state index in [2.05, 4.69) is 25.2 Å². The van der Waals surface area contributed by atoms with Crippen LogP contribution in [-0.4, -0.2) is 97.2 Å². The number of aryl methyl sites for hydroxylation is 1. The minimum absolute atomic E-state index is 0.0437. The van der Waals surface area contributed by atoms with Crippen LogP contribution in [0.25, 0.3) is 21.3 Å². The second-order valence-corrected chi connectivity index (χ2v) is 8.66. The van der Waals surface area contributed by atoms with Crippen molar-refractivity contribution in [2.45, 2.75) is 30.7 Å². The SMILES string of the molecule is Cc1nnc(-c2ccc3cnc(NC(=O)CN4C(O)(O)C(O)(O)OC(O)(O)C4(O)O)cc3c2)s1. The Kier molecular flexibility index (Phi) is 5.67.